The molecule has 0 saturated carbocycles. The zero-order valence-corrected chi connectivity index (χ0v) is 18.1. The fraction of sp³-hybridized carbons (Fsp3) is 0.364. The Morgan fingerprint density at radius 3 is 2.38 bits per heavy atom. The van der Waals surface area contributed by atoms with Gasteiger partial charge in [0.15, 0.2) is 0 Å². The summed E-state index contributed by atoms with van der Waals surface area (Å²) in [5.74, 6) is -0.801. The first-order valence-electron chi connectivity index (χ1n) is 9.61. The highest BCUT2D eigenvalue weighted by Crippen LogP contribution is 2.24. The molecule has 4 nitrogen and oxygen atoms in total. The number of hydrogen-bond donors (Lipinski definition) is 1. The average Bonchev–Trinajstić information content (AvgIpc) is 2.69. The largest absolute Gasteiger partial charge is 0.354 e. The van der Waals surface area contributed by atoms with Crippen LogP contribution in [-0.4, -0.2) is 29.3 Å². The van der Waals surface area contributed by atoms with Gasteiger partial charge in [-0.2, -0.15) is 0 Å². The fourth-order valence-electron chi connectivity index (χ4n) is 3.00. The van der Waals surface area contributed by atoms with Crippen molar-refractivity contribution in [2.45, 2.75) is 45.7 Å². The molecule has 0 fully saturated rings. The first-order chi connectivity index (χ1) is 13.8. The lowest BCUT2D eigenvalue weighted by Crippen LogP contribution is -2.49. The molecule has 0 heterocycles. The van der Waals surface area contributed by atoms with Crippen LogP contribution in [0.5, 0.6) is 0 Å². The quantitative estimate of drug-likeness (QED) is 0.597. The van der Waals surface area contributed by atoms with Crippen LogP contribution in [0, 0.1) is 5.82 Å². The molecule has 29 heavy (non-hydrogen) atoms. The van der Waals surface area contributed by atoms with Crippen LogP contribution in [0.3, 0.4) is 0 Å². The summed E-state index contributed by atoms with van der Waals surface area (Å²) in [5.41, 5.74) is 1.37. The van der Waals surface area contributed by atoms with E-state index in [1.807, 2.05) is 13.8 Å². The molecule has 7 heteroatoms. The Balaban J connectivity index is 2.30. The molecule has 0 aliphatic heterocycles. The second-order valence-corrected chi connectivity index (χ2v) is 7.62. The zero-order chi connectivity index (χ0) is 21.4. The predicted octanol–water partition coefficient (Wildman–Crippen LogP) is 5.01. The van der Waals surface area contributed by atoms with Gasteiger partial charge in [0.25, 0.3) is 0 Å². The van der Waals surface area contributed by atoms with Gasteiger partial charge >= 0.3 is 0 Å². The van der Waals surface area contributed by atoms with Crippen LogP contribution in [0.2, 0.25) is 10.0 Å². The van der Waals surface area contributed by atoms with Crippen molar-refractivity contribution in [1.82, 2.24) is 10.2 Å². The van der Waals surface area contributed by atoms with Crippen molar-refractivity contribution in [3.63, 3.8) is 0 Å². The van der Waals surface area contributed by atoms with Crippen LogP contribution in [0.4, 0.5) is 4.39 Å². The van der Waals surface area contributed by atoms with Gasteiger partial charge in [-0.1, -0.05) is 55.2 Å². The normalized spacial score (nSPS) is 11.8. The maximum atomic E-state index is 13.2. The number of carbonyl (C=O) groups is 2. The molecule has 2 aromatic carbocycles. The topological polar surface area (TPSA) is 49.4 Å². The smallest absolute Gasteiger partial charge is 0.242 e. The van der Waals surface area contributed by atoms with E-state index in [4.69, 9.17) is 23.2 Å². The Hall–Kier alpha value is -2.11. The molecule has 1 atom stereocenters. The molecule has 0 radical (unpaired) electrons. The highest BCUT2D eigenvalue weighted by atomic mass is 35.5. The highest BCUT2D eigenvalue weighted by Gasteiger charge is 2.29. The fourth-order valence-corrected chi connectivity index (χ4v) is 3.47. The molecule has 156 valence electrons. The second kappa shape index (κ2) is 11.2. The SMILES string of the molecule is CCCNC(=O)[C@@H](CC)N(Cc1ccc(Cl)cc1Cl)C(=O)Cc1ccc(F)cc1. The second-order valence-electron chi connectivity index (χ2n) is 6.78. The van der Waals surface area contributed by atoms with Gasteiger partial charge in [0.1, 0.15) is 11.9 Å². The lowest BCUT2D eigenvalue weighted by atomic mass is 10.1. The lowest BCUT2D eigenvalue weighted by Gasteiger charge is -2.31. The summed E-state index contributed by atoms with van der Waals surface area (Å²) in [7, 11) is 0. The molecule has 2 aromatic rings. The van der Waals surface area contributed by atoms with Gasteiger partial charge in [-0.3, -0.25) is 9.59 Å². The third-order valence-electron chi connectivity index (χ3n) is 4.56. The molecular formula is C22H25Cl2FN2O2. The van der Waals surface area contributed by atoms with Crippen molar-refractivity contribution < 1.29 is 14.0 Å². The minimum absolute atomic E-state index is 0.0586. The molecule has 0 unspecified atom stereocenters. The number of halogens is 3. The van der Waals surface area contributed by atoms with Gasteiger partial charge < -0.3 is 10.2 Å². The number of hydrogen-bond acceptors (Lipinski definition) is 2. The number of rotatable bonds is 9. The maximum Gasteiger partial charge on any atom is 0.242 e. The summed E-state index contributed by atoms with van der Waals surface area (Å²) >= 11 is 12.3. The number of carbonyl (C=O) groups excluding carboxylic acids is 2. The molecule has 0 aliphatic carbocycles. The van der Waals surface area contributed by atoms with E-state index in [9.17, 15) is 14.0 Å². The molecule has 2 rings (SSSR count). The first kappa shape index (κ1) is 23.2. The number of nitrogens with zero attached hydrogens (tertiary/aromatic N) is 1. The van der Waals surface area contributed by atoms with E-state index >= 15 is 0 Å². The van der Waals surface area contributed by atoms with Crippen molar-refractivity contribution in [2.75, 3.05) is 6.54 Å². The monoisotopic (exact) mass is 438 g/mol. The van der Waals surface area contributed by atoms with E-state index in [0.717, 1.165) is 6.42 Å². The summed E-state index contributed by atoms with van der Waals surface area (Å²) in [6.07, 6.45) is 1.31. The van der Waals surface area contributed by atoms with Gasteiger partial charge in [0, 0.05) is 23.1 Å². The van der Waals surface area contributed by atoms with Crippen LogP contribution in [0.25, 0.3) is 0 Å². The van der Waals surface area contributed by atoms with E-state index in [1.165, 1.54) is 17.0 Å². The number of benzene rings is 2. The van der Waals surface area contributed by atoms with Crippen molar-refractivity contribution in [2.24, 2.45) is 0 Å². The summed E-state index contributed by atoms with van der Waals surface area (Å²) in [4.78, 5) is 27.4. The molecular weight excluding hydrogens is 414 g/mol. The molecule has 0 saturated heterocycles. The molecule has 0 aromatic heterocycles. The Bertz CT molecular complexity index is 843. The predicted molar refractivity (Wildman–Crippen MR) is 114 cm³/mol. The van der Waals surface area contributed by atoms with Crippen LogP contribution < -0.4 is 5.32 Å². The third-order valence-corrected chi connectivity index (χ3v) is 5.15. The molecule has 0 spiro atoms. The van der Waals surface area contributed by atoms with E-state index < -0.39 is 6.04 Å². The number of nitrogens with one attached hydrogen (secondary N) is 1. The van der Waals surface area contributed by atoms with Crippen LogP contribution >= 0.6 is 23.2 Å². The minimum atomic E-state index is -0.638. The van der Waals surface area contributed by atoms with E-state index in [-0.39, 0.29) is 30.6 Å². The van der Waals surface area contributed by atoms with Crippen molar-refractivity contribution in [3.05, 3.63) is 69.5 Å². The van der Waals surface area contributed by atoms with Gasteiger partial charge in [-0.25, -0.2) is 4.39 Å². The first-order valence-corrected chi connectivity index (χ1v) is 10.4. The van der Waals surface area contributed by atoms with Crippen LogP contribution in [0.15, 0.2) is 42.5 Å². The minimum Gasteiger partial charge on any atom is -0.354 e. The van der Waals surface area contributed by atoms with Crippen molar-refractivity contribution in [1.29, 1.82) is 0 Å². The summed E-state index contributed by atoms with van der Waals surface area (Å²) < 4.78 is 13.2. The maximum absolute atomic E-state index is 13.2. The molecule has 0 aliphatic rings. The summed E-state index contributed by atoms with van der Waals surface area (Å²) in [5, 5.41) is 3.79. The molecule has 1 N–H and O–H groups in total. The summed E-state index contributed by atoms with van der Waals surface area (Å²) in [6.45, 7) is 4.54. The highest BCUT2D eigenvalue weighted by molar-refractivity contribution is 6.35. The van der Waals surface area contributed by atoms with E-state index in [1.54, 1.807) is 30.3 Å². The Morgan fingerprint density at radius 1 is 1.10 bits per heavy atom. The van der Waals surface area contributed by atoms with Crippen LogP contribution in [-0.2, 0) is 22.6 Å². The number of amides is 2. The Labute approximate surface area is 181 Å². The van der Waals surface area contributed by atoms with Crippen molar-refractivity contribution in [3.8, 4) is 0 Å². The standard InChI is InChI=1S/C22H25Cl2FN2O2/c1-3-11-26-22(29)20(4-2)27(14-16-7-8-17(23)13-19(16)24)21(28)12-15-5-9-18(25)10-6-15/h5-10,13,20H,3-4,11-12,14H2,1-2H3,(H,26,29)/t20-/m1/s1. The lowest BCUT2D eigenvalue weighted by molar-refractivity contribution is -0.140. The van der Waals surface area contributed by atoms with Gasteiger partial charge in [0.05, 0.1) is 6.42 Å². The van der Waals surface area contributed by atoms with E-state index in [2.05, 4.69) is 5.32 Å². The van der Waals surface area contributed by atoms with E-state index in [0.29, 0.717) is 34.1 Å². The van der Waals surface area contributed by atoms with Crippen LogP contribution in [0.1, 0.15) is 37.8 Å². The molecule has 2 amide bonds. The van der Waals surface area contributed by atoms with Gasteiger partial charge in [0.2, 0.25) is 11.8 Å². The zero-order valence-electron chi connectivity index (χ0n) is 16.6. The average molecular weight is 439 g/mol. The summed E-state index contributed by atoms with van der Waals surface area (Å²) in [6, 6.07) is 10.2. The Morgan fingerprint density at radius 2 is 1.79 bits per heavy atom. The van der Waals surface area contributed by atoms with Gasteiger partial charge in [-0.15, -0.1) is 0 Å². The third kappa shape index (κ3) is 6.72. The Kier molecular flexibility index (Phi) is 8.93. The van der Waals surface area contributed by atoms with Crippen molar-refractivity contribution >= 4 is 35.0 Å². The molecule has 0 bridgehead atoms. The van der Waals surface area contributed by atoms with Gasteiger partial charge in [-0.05, 0) is 48.2 Å².